The van der Waals surface area contributed by atoms with Gasteiger partial charge in [-0.2, -0.15) is 9.61 Å². The van der Waals surface area contributed by atoms with Crippen molar-refractivity contribution in [1.29, 1.82) is 0 Å². The molecule has 0 fully saturated rings. The highest BCUT2D eigenvalue weighted by molar-refractivity contribution is 5.97. The predicted molar refractivity (Wildman–Crippen MR) is 75.2 cm³/mol. The maximum absolute atomic E-state index is 12.1. The van der Waals surface area contributed by atoms with Crippen LogP contribution in [0.1, 0.15) is 49.4 Å². The molecule has 6 nitrogen and oxygen atoms in total. The molecular weight excluding hydrogens is 258 g/mol. The van der Waals surface area contributed by atoms with Crippen LogP contribution in [0.3, 0.4) is 0 Å². The Kier molecular flexibility index (Phi) is 3.41. The summed E-state index contributed by atoms with van der Waals surface area (Å²) in [5.41, 5.74) is 1.43. The number of nitrogens with zero attached hydrogens (tertiary/aromatic N) is 2. The molecule has 2 aromatic heterocycles. The molecule has 1 N–H and O–H groups in total. The minimum Gasteiger partial charge on any atom is -0.462 e. The van der Waals surface area contributed by atoms with E-state index >= 15 is 0 Å². The number of aryl methyl sites for hydroxylation is 1. The van der Waals surface area contributed by atoms with Gasteiger partial charge in [-0.15, -0.1) is 0 Å². The molecule has 0 bridgehead atoms. The van der Waals surface area contributed by atoms with E-state index in [0.29, 0.717) is 16.9 Å². The molecule has 0 amide bonds. The van der Waals surface area contributed by atoms with Crippen molar-refractivity contribution in [3.8, 4) is 0 Å². The molecule has 0 radical (unpaired) electrons. The zero-order valence-corrected chi connectivity index (χ0v) is 12.4. The fourth-order valence-electron chi connectivity index (χ4n) is 2.00. The first-order valence-corrected chi connectivity index (χ1v) is 6.56. The molecule has 0 aliphatic carbocycles. The molecule has 20 heavy (non-hydrogen) atoms. The van der Waals surface area contributed by atoms with Crippen LogP contribution in [-0.2, 0) is 10.2 Å². The maximum Gasteiger partial charge on any atom is 0.343 e. The summed E-state index contributed by atoms with van der Waals surface area (Å²) in [4.78, 5) is 27.3. The number of esters is 1. The Hall–Kier alpha value is -2.11. The lowest BCUT2D eigenvalue weighted by atomic mass is 9.92. The van der Waals surface area contributed by atoms with Gasteiger partial charge >= 0.3 is 5.97 Å². The quantitative estimate of drug-likeness (QED) is 0.849. The molecule has 0 atom stereocenters. The number of carbonyl (C=O) groups is 1. The predicted octanol–water partition coefficient (Wildman–Crippen LogP) is 1.81. The van der Waals surface area contributed by atoms with Gasteiger partial charge in [0.15, 0.2) is 5.65 Å². The van der Waals surface area contributed by atoms with E-state index in [4.69, 9.17) is 4.74 Å². The van der Waals surface area contributed by atoms with E-state index in [9.17, 15) is 9.59 Å². The standard InChI is InChI=1S/C14H19N3O3/c1-6-20-13(19)11-8(2)16-17-10(18)7-9(14(3,4)5)15-12(11)17/h7,15H,6H2,1-5H3. The van der Waals surface area contributed by atoms with Crippen LogP contribution in [0.15, 0.2) is 10.9 Å². The number of aromatic amines is 1. The second kappa shape index (κ2) is 4.77. The first-order chi connectivity index (χ1) is 9.25. The van der Waals surface area contributed by atoms with Crippen molar-refractivity contribution in [3.05, 3.63) is 33.4 Å². The van der Waals surface area contributed by atoms with E-state index in [2.05, 4.69) is 10.1 Å². The Balaban J connectivity index is 2.76. The molecule has 6 heteroatoms. The van der Waals surface area contributed by atoms with Crippen LogP contribution in [0.4, 0.5) is 0 Å². The Morgan fingerprint density at radius 1 is 1.45 bits per heavy atom. The van der Waals surface area contributed by atoms with Crippen LogP contribution in [0, 0.1) is 6.92 Å². The number of nitrogens with one attached hydrogen (secondary N) is 1. The van der Waals surface area contributed by atoms with Gasteiger partial charge < -0.3 is 9.72 Å². The maximum atomic E-state index is 12.1. The normalized spacial score (nSPS) is 11.8. The molecule has 0 unspecified atom stereocenters. The van der Waals surface area contributed by atoms with Gasteiger partial charge in [0.1, 0.15) is 5.56 Å². The highest BCUT2D eigenvalue weighted by Gasteiger charge is 2.23. The van der Waals surface area contributed by atoms with Crippen molar-refractivity contribution in [2.24, 2.45) is 0 Å². The number of fused-ring (bicyclic) bond motifs is 1. The molecule has 2 heterocycles. The van der Waals surface area contributed by atoms with Crippen LogP contribution in [0.2, 0.25) is 0 Å². The second-order valence-corrected chi connectivity index (χ2v) is 5.71. The highest BCUT2D eigenvalue weighted by atomic mass is 16.5. The average molecular weight is 277 g/mol. The smallest absolute Gasteiger partial charge is 0.343 e. The highest BCUT2D eigenvalue weighted by Crippen LogP contribution is 2.21. The topological polar surface area (TPSA) is 76.5 Å². The number of rotatable bonds is 2. The molecule has 2 rings (SSSR count). The third-order valence-corrected chi connectivity index (χ3v) is 3.08. The minimum atomic E-state index is -0.471. The van der Waals surface area contributed by atoms with Gasteiger partial charge in [0.2, 0.25) is 0 Å². The summed E-state index contributed by atoms with van der Waals surface area (Å²) in [5, 5.41) is 4.11. The van der Waals surface area contributed by atoms with Gasteiger partial charge in [-0.3, -0.25) is 4.79 Å². The second-order valence-electron chi connectivity index (χ2n) is 5.71. The fraction of sp³-hybridized carbons (Fsp3) is 0.500. The number of carbonyl (C=O) groups excluding carboxylic acids is 1. The van der Waals surface area contributed by atoms with E-state index < -0.39 is 5.97 Å². The Morgan fingerprint density at radius 2 is 2.10 bits per heavy atom. The summed E-state index contributed by atoms with van der Waals surface area (Å²) in [6.07, 6.45) is 0. The number of hydrogen-bond acceptors (Lipinski definition) is 4. The van der Waals surface area contributed by atoms with Crippen molar-refractivity contribution < 1.29 is 9.53 Å². The van der Waals surface area contributed by atoms with Crippen LogP contribution in [0.25, 0.3) is 5.65 Å². The largest absolute Gasteiger partial charge is 0.462 e. The number of hydrogen-bond donors (Lipinski definition) is 1. The van der Waals surface area contributed by atoms with Gasteiger partial charge in [-0.1, -0.05) is 20.8 Å². The van der Waals surface area contributed by atoms with Crippen molar-refractivity contribution in [3.63, 3.8) is 0 Å². The van der Waals surface area contributed by atoms with Gasteiger partial charge in [0.05, 0.1) is 12.3 Å². The summed E-state index contributed by atoms with van der Waals surface area (Å²) in [6, 6.07) is 1.51. The molecule has 108 valence electrons. The average Bonchev–Trinajstić information content (AvgIpc) is 2.65. The van der Waals surface area contributed by atoms with Gasteiger partial charge in [-0.05, 0) is 13.8 Å². The number of ether oxygens (including phenoxy) is 1. The lowest BCUT2D eigenvalue weighted by Gasteiger charge is -2.18. The molecule has 0 saturated heterocycles. The molecule has 0 aliphatic heterocycles. The lowest BCUT2D eigenvalue weighted by Crippen LogP contribution is -2.22. The third-order valence-electron chi connectivity index (χ3n) is 3.08. The number of aromatic nitrogens is 3. The third kappa shape index (κ3) is 2.33. The molecule has 0 saturated carbocycles. The van der Waals surface area contributed by atoms with Crippen molar-refractivity contribution in [2.75, 3.05) is 6.61 Å². The van der Waals surface area contributed by atoms with E-state index in [0.717, 1.165) is 5.69 Å². The summed E-state index contributed by atoms with van der Waals surface area (Å²) >= 11 is 0. The Morgan fingerprint density at radius 3 is 2.65 bits per heavy atom. The fourth-order valence-corrected chi connectivity index (χ4v) is 2.00. The first kappa shape index (κ1) is 14.3. The molecule has 0 aliphatic rings. The summed E-state index contributed by atoms with van der Waals surface area (Å²) in [7, 11) is 0. The van der Waals surface area contributed by atoms with Crippen LogP contribution < -0.4 is 5.56 Å². The van der Waals surface area contributed by atoms with Gasteiger partial charge in [0, 0.05) is 17.2 Å². The van der Waals surface area contributed by atoms with E-state index in [-0.39, 0.29) is 17.6 Å². The summed E-state index contributed by atoms with van der Waals surface area (Å²) < 4.78 is 6.23. The summed E-state index contributed by atoms with van der Waals surface area (Å²) in [5.74, 6) is -0.471. The lowest BCUT2D eigenvalue weighted by molar-refractivity contribution is 0.0527. The van der Waals surface area contributed by atoms with Gasteiger partial charge in [-0.25, -0.2) is 4.79 Å². The molecule has 2 aromatic rings. The van der Waals surface area contributed by atoms with Crippen molar-refractivity contribution in [2.45, 2.75) is 40.0 Å². The van der Waals surface area contributed by atoms with Crippen molar-refractivity contribution in [1.82, 2.24) is 14.6 Å². The minimum absolute atomic E-state index is 0.231. The number of H-pyrrole nitrogens is 1. The van der Waals surface area contributed by atoms with Gasteiger partial charge in [0.25, 0.3) is 5.56 Å². The first-order valence-electron chi connectivity index (χ1n) is 6.56. The monoisotopic (exact) mass is 277 g/mol. The molecule has 0 spiro atoms. The Labute approximate surface area is 116 Å². The zero-order valence-electron chi connectivity index (χ0n) is 12.4. The van der Waals surface area contributed by atoms with E-state index in [1.165, 1.54) is 10.6 Å². The van der Waals surface area contributed by atoms with Crippen molar-refractivity contribution >= 4 is 11.6 Å². The zero-order chi connectivity index (χ0) is 15.1. The van der Waals surface area contributed by atoms with E-state index in [1.54, 1.807) is 13.8 Å². The van der Waals surface area contributed by atoms with Crippen LogP contribution in [0.5, 0.6) is 0 Å². The Bertz CT molecular complexity index is 720. The molecule has 0 aromatic carbocycles. The van der Waals surface area contributed by atoms with E-state index in [1.807, 2.05) is 20.8 Å². The van der Waals surface area contributed by atoms with Crippen LogP contribution >= 0.6 is 0 Å². The molecular formula is C14H19N3O3. The SMILES string of the molecule is CCOC(=O)c1c(C)nn2c(=O)cc(C(C)(C)C)[nH]c12. The van der Waals surface area contributed by atoms with Crippen LogP contribution in [-0.4, -0.2) is 27.2 Å². The summed E-state index contributed by atoms with van der Waals surface area (Å²) in [6.45, 7) is 9.66.